The van der Waals surface area contributed by atoms with Crippen molar-refractivity contribution in [2.75, 3.05) is 25.0 Å². The van der Waals surface area contributed by atoms with Crippen LogP contribution in [-0.2, 0) is 7.05 Å². The molecule has 27 heavy (non-hydrogen) atoms. The molecule has 0 aliphatic carbocycles. The summed E-state index contributed by atoms with van der Waals surface area (Å²) in [7, 11) is 3.63. The van der Waals surface area contributed by atoms with Gasteiger partial charge in [0.2, 0.25) is 0 Å². The van der Waals surface area contributed by atoms with Gasteiger partial charge >= 0.3 is 0 Å². The van der Waals surface area contributed by atoms with E-state index >= 15 is 0 Å². The minimum Gasteiger partial charge on any atom is -0.504 e. The predicted octanol–water partition coefficient (Wildman–Crippen LogP) is 2.42. The molecular weight excluding hydrogens is 347 g/mol. The van der Waals surface area contributed by atoms with Gasteiger partial charge in [-0.05, 0) is 30.3 Å². The van der Waals surface area contributed by atoms with E-state index in [0.717, 1.165) is 5.82 Å². The van der Waals surface area contributed by atoms with E-state index in [0.29, 0.717) is 40.8 Å². The van der Waals surface area contributed by atoms with Crippen LogP contribution in [0.2, 0.25) is 0 Å². The maximum atomic E-state index is 14.5. The molecule has 0 atom stereocenters. The van der Waals surface area contributed by atoms with Crippen molar-refractivity contribution in [3.05, 3.63) is 42.3 Å². The molecule has 0 aliphatic heterocycles. The number of phenols is 1. The molecule has 0 amide bonds. The van der Waals surface area contributed by atoms with Crippen molar-refractivity contribution >= 4 is 27.8 Å². The Bertz CT molecular complexity index is 1160. The number of nitrogens with two attached hydrogens (primary N) is 1. The second-order valence-electron chi connectivity index (χ2n) is 6.44. The predicted molar refractivity (Wildman–Crippen MR) is 103 cm³/mol. The summed E-state index contributed by atoms with van der Waals surface area (Å²) in [6.45, 7) is 1.23. The zero-order chi connectivity index (χ0) is 19.1. The number of aromatic nitrogens is 4. The number of fused-ring (bicyclic) bond motifs is 2. The molecule has 0 unspecified atom stereocenters. The molecular formula is C19H19FN6O. The van der Waals surface area contributed by atoms with Crippen LogP contribution in [0.1, 0.15) is 0 Å². The van der Waals surface area contributed by atoms with Crippen LogP contribution in [0.5, 0.6) is 5.75 Å². The summed E-state index contributed by atoms with van der Waals surface area (Å²) >= 11 is 0. The summed E-state index contributed by atoms with van der Waals surface area (Å²) in [6, 6.07) is 8.93. The summed E-state index contributed by atoms with van der Waals surface area (Å²) in [5.74, 6) is -0.407. The first kappa shape index (κ1) is 17.2. The van der Waals surface area contributed by atoms with Gasteiger partial charge in [0, 0.05) is 44.3 Å². The molecule has 138 valence electrons. The number of halogens is 1. The Morgan fingerprint density at radius 1 is 1.19 bits per heavy atom. The fourth-order valence-corrected chi connectivity index (χ4v) is 3.10. The van der Waals surface area contributed by atoms with Crippen LogP contribution >= 0.6 is 0 Å². The number of aromatic hydroxyl groups is 1. The van der Waals surface area contributed by atoms with Crippen molar-refractivity contribution in [1.29, 1.82) is 0 Å². The van der Waals surface area contributed by atoms with Crippen LogP contribution in [0.15, 0.2) is 36.5 Å². The molecule has 3 heterocycles. The van der Waals surface area contributed by atoms with Crippen LogP contribution in [0.4, 0.5) is 10.2 Å². The lowest BCUT2D eigenvalue weighted by Gasteiger charge is -2.17. The molecule has 8 heteroatoms. The molecule has 0 fully saturated rings. The number of anilines is 1. The molecule has 0 saturated carbocycles. The average Bonchev–Trinajstić information content (AvgIpc) is 3.04. The lowest BCUT2D eigenvalue weighted by Crippen LogP contribution is -2.25. The summed E-state index contributed by atoms with van der Waals surface area (Å²) < 4.78 is 16.0. The standard InChI is InChI=1S/C19H19FN6O/c1-25(8-7-21)16-6-5-14-15(23-16)4-3-13(22-14)12-9-11-10-26(2)24-18(11)17(20)19(12)27/h3-6,9-10,27H,7-8,21H2,1-2H3. The third kappa shape index (κ3) is 2.93. The first-order valence-electron chi connectivity index (χ1n) is 8.52. The number of nitrogens with zero attached hydrogens (tertiary/aromatic N) is 5. The van der Waals surface area contributed by atoms with Gasteiger partial charge in [0.25, 0.3) is 0 Å². The fourth-order valence-electron chi connectivity index (χ4n) is 3.10. The van der Waals surface area contributed by atoms with Crippen molar-refractivity contribution in [3.8, 4) is 17.0 Å². The van der Waals surface area contributed by atoms with Gasteiger partial charge in [-0.1, -0.05) is 0 Å². The Balaban J connectivity index is 1.81. The molecule has 0 aliphatic rings. The number of likely N-dealkylation sites (N-methyl/N-ethyl adjacent to an activating group) is 1. The van der Waals surface area contributed by atoms with E-state index in [9.17, 15) is 9.50 Å². The van der Waals surface area contributed by atoms with Crippen LogP contribution in [0.3, 0.4) is 0 Å². The molecule has 0 bridgehead atoms. The van der Waals surface area contributed by atoms with Crippen LogP contribution in [0, 0.1) is 5.82 Å². The lowest BCUT2D eigenvalue weighted by atomic mass is 10.1. The van der Waals surface area contributed by atoms with Crippen molar-refractivity contribution in [1.82, 2.24) is 19.7 Å². The lowest BCUT2D eigenvalue weighted by molar-refractivity contribution is 0.437. The van der Waals surface area contributed by atoms with E-state index in [4.69, 9.17) is 5.73 Å². The van der Waals surface area contributed by atoms with Gasteiger partial charge in [0.15, 0.2) is 11.6 Å². The van der Waals surface area contributed by atoms with Gasteiger partial charge in [-0.15, -0.1) is 0 Å². The summed E-state index contributed by atoms with van der Waals surface area (Å²) in [5.41, 5.74) is 7.87. The van der Waals surface area contributed by atoms with Crippen LogP contribution < -0.4 is 10.6 Å². The monoisotopic (exact) mass is 366 g/mol. The minimum absolute atomic E-state index is 0.133. The number of aryl methyl sites for hydroxylation is 1. The van der Waals surface area contributed by atoms with Gasteiger partial charge in [-0.25, -0.2) is 14.4 Å². The quantitative estimate of drug-likeness (QED) is 0.576. The molecule has 4 rings (SSSR count). The maximum absolute atomic E-state index is 14.5. The van der Waals surface area contributed by atoms with E-state index < -0.39 is 11.6 Å². The Labute approximate surface area is 154 Å². The zero-order valence-electron chi connectivity index (χ0n) is 15.0. The van der Waals surface area contributed by atoms with Crippen molar-refractivity contribution < 1.29 is 9.50 Å². The van der Waals surface area contributed by atoms with Crippen LogP contribution in [0.25, 0.3) is 33.2 Å². The molecule has 0 spiro atoms. The highest BCUT2D eigenvalue weighted by Gasteiger charge is 2.18. The van der Waals surface area contributed by atoms with E-state index in [1.807, 2.05) is 30.1 Å². The first-order valence-corrected chi connectivity index (χ1v) is 8.52. The highest BCUT2D eigenvalue weighted by atomic mass is 19.1. The minimum atomic E-state index is -0.748. The number of pyridine rings is 2. The van der Waals surface area contributed by atoms with E-state index in [2.05, 4.69) is 15.1 Å². The van der Waals surface area contributed by atoms with Gasteiger partial charge in [0.05, 0.1) is 16.7 Å². The van der Waals surface area contributed by atoms with E-state index in [1.54, 1.807) is 25.4 Å². The molecule has 3 aromatic heterocycles. The van der Waals surface area contributed by atoms with Crippen molar-refractivity contribution in [3.63, 3.8) is 0 Å². The number of phenolic OH excluding ortho intramolecular Hbond substituents is 1. The number of hydrogen-bond acceptors (Lipinski definition) is 6. The third-order valence-corrected chi connectivity index (χ3v) is 4.49. The second kappa shape index (κ2) is 6.48. The highest BCUT2D eigenvalue weighted by Crippen LogP contribution is 2.35. The zero-order valence-corrected chi connectivity index (χ0v) is 15.0. The Kier molecular flexibility index (Phi) is 4.12. The maximum Gasteiger partial charge on any atom is 0.193 e. The Morgan fingerprint density at radius 2 is 1.93 bits per heavy atom. The van der Waals surface area contributed by atoms with Gasteiger partial charge in [0.1, 0.15) is 11.3 Å². The number of hydrogen-bond donors (Lipinski definition) is 2. The summed E-state index contributed by atoms with van der Waals surface area (Å²) in [4.78, 5) is 11.1. The van der Waals surface area contributed by atoms with Crippen molar-refractivity contribution in [2.24, 2.45) is 12.8 Å². The number of rotatable bonds is 4. The Hall–Kier alpha value is -3.26. The Morgan fingerprint density at radius 3 is 2.70 bits per heavy atom. The highest BCUT2D eigenvalue weighted by molar-refractivity contribution is 5.89. The number of benzene rings is 1. The average molecular weight is 366 g/mol. The van der Waals surface area contributed by atoms with Crippen LogP contribution in [-0.4, -0.2) is 45.0 Å². The summed E-state index contributed by atoms with van der Waals surface area (Å²) in [6.07, 6.45) is 1.70. The second-order valence-corrected chi connectivity index (χ2v) is 6.44. The smallest absolute Gasteiger partial charge is 0.193 e. The largest absolute Gasteiger partial charge is 0.504 e. The molecule has 3 N–H and O–H groups in total. The van der Waals surface area contributed by atoms with Gasteiger partial charge < -0.3 is 15.7 Å². The summed E-state index contributed by atoms with van der Waals surface area (Å²) in [5, 5.41) is 14.9. The molecule has 1 aromatic carbocycles. The topological polar surface area (TPSA) is 93.1 Å². The molecule has 7 nitrogen and oxygen atoms in total. The van der Waals surface area contributed by atoms with E-state index in [1.165, 1.54) is 4.68 Å². The molecule has 0 saturated heterocycles. The normalized spacial score (nSPS) is 11.4. The van der Waals surface area contributed by atoms with Crippen molar-refractivity contribution in [2.45, 2.75) is 0 Å². The fraction of sp³-hybridized carbons (Fsp3) is 0.211. The first-order chi connectivity index (χ1) is 13.0. The SMILES string of the molecule is CN(CCN)c1ccc2nc(-c3cc4cn(C)nc4c(F)c3O)ccc2n1. The van der Waals surface area contributed by atoms with E-state index in [-0.39, 0.29) is 5.52 Å². The van der Waals surface area contributed by atoms with Gasteiger partial charge in [-0.3, -0.25) is 4.68 Å². The molecule has 0 radical (unpaired) electrons. The van der Waals surface area contributed by atoms with Gasteiger partial charge in [-0.2, -0.15) is 5.10 Å². The third-order valence-electron chi connectivity index (χ3n) is 4.49. The molecule has 4 aromatic rings.